The van der Waals surface area contributed by atoms with Crippen LogP contribution in [0.15, 0.2) is 30.3 Å². The van der Waals surface area contributed by atoms with E-state index in [1.54, 1.807) is 0 Å². The molecule has 0 amide bonds. The van der Waals surface area contributed by atoms with E-state index in [1.807, 2.05) is 6.07 Å². The van der Waals surface area contributed by atoms with E-state index in [1.165, 1.54) is 18.4 Å². The second-order valence-electron chi connectivity index (χ2n) is 4.10. The van der Waals surface area contributed by atoms with E-state index < -0.39 is 0 Å². The Labute approximate surface area is 91.6 Å². The van der Waals surface area contributed by atoms with Gasteiger partial charge in [0.15, 0.2) is 0 Å². The third kappa shape index (κ3) is 3.65. The molecule has 1 aromatic carbocycles. The lowest BCUT2D eigenvalue weighted by molar-refractivity contribution is 0.0331. The highest BCUT2D eigenvalue weighted by Crippen LogP contribution is 2.12. The van der Waals surface area contributed by atoms with Crippen molar-refractivity contribution in [1.29, 1.82) is 0 Å². The number of nitrogens with one attached hydrogen (secondary N) is 1. The Morgan fingerprint density at radius 1 is 1.13 bits per heavy atom. The van der Waals surface area contributed by atoms with E-state index in [0.29, 0.717) is 6.10 Å². The molecule has 0 bridgehead atoms. The fourth-order valence-corrected chi connectivity index (χ4v) is 1.94. The molecule has 2 rings (SSSR count). The molecule has 0 saturated carbocycles. The summed E-state index contributed by atoms with van der Waals surface area (Å²) in [5.74, 6) is 0. The van der Waals surface area contributed by atoms with Crippen molar-refractivity contribution in [2.75, 3.05) is 13.1 Å². The third-order valence-corrected chi connectivity index (χ3v) is 2.85. The van der Waals surface area contributed by atoms with E-state index in [2.05, 4.69) is 29.6 Å². The first kappa shape index (κ1) is 10.7. The topological polar surface area (TPSA) is 21.3 Å². The normalized spacial score (nSPS) is 22.3. The molecule has 1 saturated heterocycles. The second-order valence-corrected chi connectivity index (χ2v) is 4.10. The van der Waals surface area contributed by atoms with Gasteiger partial charge in [-0.2, -0.15) is 0 Å². The lowest BCUT2D eigenvalue weighted by Crippen LogP contribution is -2.17. The summed E-state index contributed by atoms with van der Waals surface area (Å²) >= 11 is 0. The predicted octanol–water partition coefficient (Wildman–Crippen LogP) is 2.35. The first-order valence-corrected chi connectivity index (χ1v) is 5.81. The highest BCUT2D eigenvalue weighted by Gasteiger charge is 2.11. The summed E-state index contributed by atoms with van der Waals surface area (Å²) < 4.78 is 5.91. The number of hydrogen-bond donors (Lipinski definition) is 1. The van der Waals surface area contributed by atoms with Crippen molar-refractivity contribution in [3.05, 3.63) is 35.9 Å². The summed E-state index contributed by atoms with van der Waals surface area (Å²) in [6.45, 7) is 3.00. The molecule has 15 heavy (non-hydrogen) atoms. The molecule has 1 fully saturated rings. The molecule has 0 spiro atoms. The van der Waals surface area contributed by atoms with E-state index in [-0.39, 0.29) is 0 Å². The highest BCUT2D eigenvalue weighted by atomic mass is 16.5. The summed E-state index contributed by atoms with van der Waals surface area (Å²) in [5, 5.41) is 3.40. The van der Waals surface area contributed by atoms with Crippen LogP contribution >= 0.6 is 0 Å². The van der Waals surface area contributed by atoms with Crippen LogP contribution in [0.4, 0.5) is 0 Å². The first-order valence-electron chi connectivity index (χ1n) is 5.81. The summed E-state index contributed by atoms with van der Waals surface area (Å²) in [6.07, 6.45) is 4.02. The zero-order valence-electron chi connectivity index (χ0n) is 9.11. The number of ether oxygens (including phenoxy) is 1. The molecule has 1 N–H and O–H groups in total. The van der Waals surface area contributed by atoms with Crippen LogP contribution in [0.3, 0.4) is 0 Å². The minimum absolute atomic E-state index is 0.445. The van der Waals surface area contributed by atoms with Crippen LogP contribution in [0.1, 0.15) is 24.8 Å². The summed E-state index contributed by atoms with van der Waals surface area (Å²) in [4.78, 5) is 0. The van der Waals surface area contributed by atoms with Gasteiger partial charge in [0.25, 0.3) is 0 Å². The molecule has 1 heterocycles. The van der Waals surface area contributed by atoms with Crippen LogP contribution in [0.5, 0.6) is 0 Å². The van der Waals surface area contributed by atoms with Crippen LogP contribution < -0.4 is 5.32 Å². The third-order valence-electron chi connectivity index (χ3n) is 2.85. The van der Waals surface area contributed by atoms with Crippen molar-refractivity contribution in [1.82, 2.24) is 5.32 Å². The van der Waals surface area contributed by atoms with Crippen molar-refractivity contribution >= 4 is 0 Å². The van der Waals surface area contributed by atoms with E-state index in [4.69, 9.17) is 4.74 Å². The van der Waals surface area contributed by atoms with Gasteiger partial charge in [-0.15, -0.1) is 0 Å². The van der Waals surface area contributed by atoms with Crippen molar-refractivity contribution in [3.8, 4) is 0 Å². The minimum atomic E-state index is 0.445. The molecule has 2 heteroatoms. The van der Waals surface area contributed by atoms with Gasteiger partial charge in [-0.3, -0.25) is 0 Å². The number of benzene rings is 1. The molecule has 2 nitrogen and oxygen atoms in total. The average molecular weight is 205 g/mol. The minimum Gasteiger partial charge on any atom is -0.373 e. The van der Waals surface area contributed by atoms with E-state index in [9.17, 15) is 0 Å². The molecule has 1 aliphatic heterocycles. The molecule has 82 valence electrons. The fourth-order valence-electron chi connectivity index (χ4n) is 1.94. The van der Waals surface area contributed by atoms with Crippen molar-refractivity contribution in [2.24, 2.45) is 0 Å². The maximum Gasteiger partial charge on any atom is 0.0720 e. The standard InChI is InChI=1S/C13H19NO/c1-2-5-12(6-3-1)11-15-13-7-4-9-14-10-8-13/h1-3,5-6,13-14H,4,7-11H2. The van der Waals surface area contributed by atoms with E-state index >= 15 is 0 Å². The van der Waals surface area contributed by atoms with Crippen molar-refractivity contribution in [2.45, 2.75) is 32.0 Å². The van der Waals surface area contributed by atoms with Gasteiger partial charge < -0.3 is 10.1 Å². The summed E-state index contributed by atoms with van der Waals surface area (Å²) in [5.41, 5.74) is 1.27. The zero-order chi connectivity index (χ0) is 10.3. The van der Waals surface area contributed by atoms with Gasteiger partial charge in [0.2, 0.25) is 0 Å². The lowest BCUT2D eigenvalue weighted by Gasteiger charge is -2.14. The zero-order valence-corrected chi connectivity index (χ0v) is 9.11. The molecule has 1 aromatic rings. The predicted molar refractivity (Wildman–Crippen MR) is 61.7 cm³/mol. The molecule has 1 atom stereocenters. The molecule has 0 radical (unpaired) electrons. The van der Waals surface area contributed by atoms with Gasteiger partial charge in [-0.05, 0) is 37.9 Å². The molecular weight excluding hydrogens is 186 g/mol. The van der Waals surface area contributed by atoms with Crippen LogP contribution in [-0.2, 0) is 11.3 Å². The lowest BCUT2D eigenvalue weighted by atomic mass is 10.1. The molecule has 1 aliphatic rings. The van der Waals surface area contributed by atoms with Crippen LogP contribution in [0.25, 0.3) is 0 Å². The average Bonchev–Trinajstić information content (AvgIpc) is 2.56. The maximum atomic E-state index is 5.91. The van der Waals surface area contributed by atoms with Crippen LogP contribution in [0, 0.1) is 0 Å². The molecule has 0 aromatic heterocycles. The molecular formula is C13H19NO. The quantitative estimate of drug-likeness (QED) is 0.818. The Kier molecular flexibility index (Phi) is 4.18. The Hall–Kier alpha value is -0.860. The van der Waals surface area contributed by atoms with Gasteiger partial charge in [-0.25, -0.2) is 0 Å². The van der Waals surface area contributed by atoms with Gasteiger partial charge >= 0.3 is 0 Å². The van der Waals surface area contributed by atoms with Crippen molar-refractivity contribution < 1.29 is 4.74 Å². The summed E-state index contributed by atoms with van der Waals surface area (Å²) in [7, 11) is 0. The maximum absolute atomic E-state index is 5.91. The monoisotopic (exact) mass is 205 g/mol. The van der Waals surface area contributed by atoms with Gasteiger partial charge in [0.1, 0.15) is 0 Å². The SMILES string of the molecule is c1ccc(COC2CCCNCC2)cc1. The fraction of sp³-hybridized carbons (Fsp3) is 0.538. The smallest absolute Gasteiger partial charge is 0.0720 e. The van der Waals surface area contributed by atoms with Crippen LogP contribution in [0.2, 0.25) is 0 Å². The van der Waals surface area contributed by atoms with Gasteiger partial charge in [0.05, 0.1) is 12.7 Å². The van der Waals surface area contributed by atoms with Gasteiger partial charge in [0, 0.05) is 0 Å². The van der Waals surface area contributed by atoms with Gasteiger partial charge in [-0.1, -0.05) is 30.3 Å². The van der Waals surface area contributed by atoms with Crippen LogP contribution in [-0.4, -0.2) is 19.2 Å². The Morgan fingerprint density at radius 2 is 2.00 bits per heavy atom. The first-order chi connectivity index (χ1) is 7.45. The van der Waals surface area contributed by atoms with E-state index in [0.717, 1.165) is 26.1 Å². The Morgan fingerprint density at radius 3 is 2.87 bits per heavy atom. The Balaban J connectivity index is 1.77. The number of rotatable bonds is 3. The Bertz CT molecular complexity index is 265. The molecule has 1 unspecified atom stereocenters. The second kappa shape index (κ2) is 5.89. The summed E-state index contributed by atoms with van der Waals surface area (Å²) in [6, 6.07) is 10.4. The largest absolute Gasteiger partial charge is 0.373 e. The highest BCUT2D eigenvalue weighted by molar-refractivity contribution is 5.13. The van der Waals surface area contributed by atoms with Crippen molar-refractivity contribution in [3.63, 3.8) is 0 Å². The molecule has 0 aliphatic carbocycles. The number of hydrogen-bond acceptors (Lipinski definition) is 2.